The van der Waals surface area contributed by atoms with Crippen molar-refractivity contribution in [2.45, 2.75) is 32.3 Å². The molecule has 6 nitrogen and oxygen atoms in total. The Kier molecular flexibility index (Phi) is 7.22. The first-order valence-electron chi connectivity index (χ1n) is 11.3. The van der Waals surface area contributed by atoms with Crippen LogP contribution in [0.25, 0.3) is 10.9 Å². The molecule has 1 aliphatic heterocycles. The minimum atomic E-state index is -0.263. The first kappa shape index (κ1) is 23.2. The molecule has 0 aliphatic carbocycles. The lowest BCUT2D eigenvalue weighted by Gasteiger charge is -2.35. The van der Waals surface area contributed by atoms with Crippen LogP contribution in [-0.4, -0.2) is 37.0 Å². The van der Waals surface area contributed by atoms with Crippen LogP contribution in [0.3, 0.4) is 0 Å². The molecule has 0 amide bonds. The van der Waals surface area contributed by atoms with Gasteiger partial charge in [-0.3, -0.25) is 4.79 Å². The number of hydrogen-bond donors (Lipinski definition) is 0. The molecule has 1 fully saturated rings. The number of halogens is 1. The normalized spacial score (nSPS) is 14.4. The van der Waals surface area contributed by atoms with Crippen LogP contribution in [0.15, 0.2) is 47.3 Å². The molecule has 3 aromatic rings. The minimum Gasteiger partial charge on any atom is -0.490 e. The fourth-order valence-corrected chi connectivity index (χ4v) is 4.52. The van der Waals surface area contributed by atoms with Crippen LogP contribution < -0.4 is 15.2 Å². The highest BCUT2D eigenvalue weighted by molar-refractivity contribution is 6.30. The van der Waals surface area contributed by atoms with Crippen LogP contribution >= 0.6 is 11.6 Å². The number of nitriles is 1. The SMILES string of the molecule is CCOCCc1ccc2c(N3CCC(Oc4ccc(Cl)cc4)CC3)c(C#N)c(=O)n(C)c2c1. The smallest absolute Gasteiger partial charge is 0.270 e. The molecule has 0 bridgehead atoms. The lowest BCUT2D eigenvalue weighted by Crippen LogP contribution is -2.40. The number of rotatable bonds is 7. The standard InChI is InChI=1S/C26H28ClN3O3/c1-3-32-15-12-18-4-9-22-24(16-18)29(2)26(31)23(17-28)25(22)30-13-10-21(11-14-30)33-20-7-5-19(27)6-8-20/h4-9,16,21H,3,10-15H2,1-2H3. The molecule has 0 spiro atoms. The van der Waals surface area contributed by atoms with Crippen LogP contribution in [0.2, 0.25) is 5.02 Å². The van der Waals surface area contributed by atoms with Gasteiger partial charge in [-0.2, -0.15) is 5.26 Å². The average Bonchev–Trinajstić information content (AvgIpc) is 2.83. The van der Waals surface area contributed by atoms with Gasteiger partial charge < -0.3 is 18.9 Å². The molecule has 172 valence electrons. The van der Waals surface area contributed by atoms with Gasteiger partial charge in [0.05, 0.1) is 17.8 Å². The monoisotopic (exact) mass is 465 g/mol. The highest BCUT2D eigenvalue weighted by Gasteiger charge is 2.26. The van der Waals surface area contributed by atoms with Crippen molar-refractivity contribution in [2.24, 2.45) is 7.05 Å². The number of fused-ring (bicyclic) bond motifs is 1. The van der Waals surface area contributed by atoms with E-state index in [9.17, 15) is 10.1 Å². The predicted octanol–water partition coefficient (Wildman–Crippen LogP) is 4.69. The van der Waals surface area contributed by atoms with Gasteiger partial charge >= 0.3 is 0 Å². The van der Waals surface area contributed by atoms with Crippen LogP contribution in [-0.2, 0) is 18.2 Å². The molecular weight excluding hydrogens is 438 g/mol. The van der Waals surface area contributed by atoms with Crippen molar-refractivity contribution in [3.8, 4) is 11.8 Å². The van der Waals surface area contributed by atoms with Crippen molar-refractivity contribution < 1.29 is 9.47 Å². The number of ether oxygens (including phenoxy) is 2. The first-order valence-corrected chi connectivity index (χ1v) is 11.7. The molecule has 1 saturated heterocycles. The average molecular weight is 466 g/mol. The Hall–Kier alpha value is -3.01. The number of benzene rings is 2. The number of nitrogens with zero attached hydrogens (tertiary/aromatic N) is 3. The second-order valence-corrected chi connectivity index (χ2v) is 8.69. The Morgan fingerprint density at radius 1 is 1.15 bits per heavy atom. The number of aryl methyl sites for hydroxylation is 1. The van der Waals surface area contributed by atoms with Gasteiger partial charge in [0.1, 0.15) is 23.5 Å². The number of aromatic nitrogens is 1. The Balaban J connectivity index is 1.60. The molecule has 1 aromatic heterocycles. The van der Waals surface area contributed by atoms with Gasteiger partial charge in [0, 0.05) is 50.0 Å². The van der Waals surface area contributed by atoms with E-state index in [2.05, 4.69) is 17.0 Å². The maximum Gasteiger partial charge on any atom is 0.270 e. The molecule has 0 atom stereocenters. The van der Waals surface area contributed by atoms with E-state index in [1.807, 2.05) is 43.3 Å². The van der Waals surface area contributed by atoms with Gasteiger partial charge in [-0.15, -0.1) is 0 Å². The summed E-state index contributed by atoms with van der Waals surface area (Å²) in [6, 6.07) is 15.7. The van der Waals surface area contributed by atoms with Gasteiger partial charge in [0.2, 0.25) is 0 Å². The van der Waals surface area contributed by atoms with E-state index in [1.54, 1.807) is 11.6 Å². The summed E-state index contributed by atoms with van der Waals surface area (Å²) in [5, 5.41) is 11.4. The lowest BCUT2D eigenvalue weighted by atomic mass is 10.0. The molecule has 4 rings (SSSR count). The third-order valence-electron chi connectivity index (χ3n) is 6.16. The maximum atomic E-state index is 13.0. The van der Waals surface area contributed by atoms with Crippen LogP contribution in [0.5, 0.6) is 5.75 Å². The summed E-state index contributed by atoms with van der Waals surface area (Å²) < 4.78 is 13.2. The molecule has 0 unspecified atom stereocenters. The fraction of sp³-hybridized carbons (Fsp3) is 0.385. The van der Waals surface area contributed by atoms with E-state index in [4.69, 9.17) is 21.1 Å². The molecule has 33 heavy (non-hydrogen) atoms. The number of anilines is 1. The van der Waals surface area contributed by atoms with Crippen molar-refractivity contribution >= 4 is 28.2 Å². The molecule has 0 N–H and O–H groups in total. The largest absolute Gasteiger partial charge is 0.490 e. The number of hydrogen-bond acceptors (Lipinski definition) is 5. The Labute approximate surface area is 198 Å². The van der Waals surface area contributed by atoms with Gasteiger partial charge in [0.25, 0.3) is 5.56 Å². The van der Waals surface area contributed by atoms with Crippen molar-refractivity contribution in [1.82, 2.24) is 4.57 Å². The van der Waals surface area contributed by atoms with Crippen molar-refractivity contribution in [3.05, 3.63) is 69.0 Å². The van der Waals surface area contributed by atoms with E-state index in [1.165, 1.54) is 0 Å². The zero-order chi connectivity index (χ0) is 23.4. The zero-order valence-electron chi connectivity index (χ0n) is 19.0. The predicted molar refractivity (Wildman–Crippen MR) is 131 cm³/mol. The van der Waals surface area contributed by atoms with Gasteiger partial charge in [-0.25, -0.2) is 0 Å². The van der Waals surface area contributed by atoms with Crippen LogP contribution in [0.4, 0.5) is 5.69 Å². The summed E-state index contributed by atoms with van der Waals surface area (Å²) in [7, 11) is 1.73. The summed E-state index contributed by atoms with van der Waals surface area (Å²) in [5.41, 5.74) is 2.61. The third kappa shape index (κ3) is 5.00. The first-order chi connectivity index (χ1) is 16.0. The second kappa shape index (κ2) is 10.3. The van der Waals surface area contributed by atoms with Gasteiger partial charge in [-0.1, -0.05) is 23.7 Å². The van der Waals surface area contributed by atoms with Gasteiger partial charge in [-0.05, 0) is 49.2 Å². The summed E-state index contributed by atoms with van der Waals surface area (Å²) in [6.07, 6.45) is 2.46. The third-order valence-corrected chi connectivity index (χ3v) is 6.41. The van der Waals surface area contributed by atoms with E-state index < -0.39 is 0 Å². The zero-order valence-corrected chi connectivity index (χ0v) is 19.8. The van der Waals surface area contributed by atoms with Gasteiger partial charge in [0.15, 0.2) is 0 Å². The summed E-state index contributed by atoms with van der Waals surface area (Å²) in [4.78, 5) is 15.2. The molecule has 2 aromatic carbocycles. The number of pyridine rings is 1. The highest BCUT2D eigenvalue weighted by atomic mass is 35.5. The van der Waals surface area contributed by atoms with Crippen molar-refractivity contribution in [2.75, 3.05) is 31.2 Å². The van der Waals surface area contributed by atoms with E-state index in [0.29, 0.717) is 31.3 Å². The van der Waals surface area contributed by atoms with E-state index in [-0.39, 0.29) is 17.2 Å². The molecule has 7 heteroatoms. The quantitative estimate of drug-likeness (QED) is 0.473. The Bertz CT molecular complexity index is 1220. The fourth-order valence-electron chi connectivity index (χ4n) is 4.39. The second-order valence-electron chi connectivity index (χ2n) is 8.26. The highest BCUT2D eigenvalue weighted by Crippen LogP contribution is 2.32. The van der Waals surface area contributed by atoms with Crippen LogP contribution in [0.1, 0.15) is 30.9 Å². The molecular formula is C26H28ClN3O3. The molecule has 0 radical (unpaired) electrons. The Morgan fingerprint density at radius 2 is 1.88 bits per heavy atom. The van der Waals surface area contributed by atoms with Crippen molar-refractivity contribution in [3.63, 3.8) is 0 Å². The summed E-state index contributed by atoms with van der Waals surface area (Å²) in [6.45, 7) is 4.71. The molecule has 0 saturated carbocycles. The summed E-state index contributed by atoms with van der Waals surface area (Å²) >= 11 is 5.96. The minimum absolute atomic E-state index is 0.0796. The molecule has 1 aliphatic rings. The topological polar surface area (TPSA) is 67.5 Å². The maximum absolute atomic E-state index is 13.0. The van der Waals surface area contributed by atoms with Crippen LogP contribution in [0, 0.1) is 11.3 Å². The van der Waals surface area contributed by atoms with Crippen molar-refractivity contribution in [1.29, 1.82) is 5.26 Å². The molecule has 2 heterocycles. The van der Waals surface area contributed by atoms with E-state index in [0.717, 1.165) is 47.2 Å². The Morgan fingerprint density at radius 3 is 2.55 bits per heavy atom. The summed E-state index contributed by atoms with van der Waals surface area (Å²) in [5.74, 6) is 0.800. The van der Waals surface area contributed by atoms with E-state index >= 15 is 0 Å². The lowest BCUT2D eigenvalue weighted by molar-refractivity contribution is 0.151. The number of piperidine rings is 1.